The fourth-order valence-corrected chi connectivity index (χ4v) is 2.00. The Labute approximate surface area is 73.8 Å². The van der Waals surface area contributed by atoms with E-state index in [4.69, 9.17) is 0 Å². The zero-order chi connectivity index (χ0) is 8.39. The first kappa shape index (κ1) is 7.78. The lowest BCUT2D eigenvalue weighted by Crippen LogP contribution is -2.13. The summed E-state index contributed by atoms with van der Waals surface area (Å²) in [6, 6.07) is 2.18. The summed E-state index contributed by atoms with van der Waals surface area (Å²) in [5.41, 5.74) is 3.00. The molecule has 1 atom stereocenters. The molecule has 64 valence electrons. The third-order valence-corrected chi connectivity index (χ3v) is 2.91. The van der Waals surface area contributed by atoms with E-state index in [9.17, 15) is 0 Å². The summed E-state index contributed by atoms with van der Waals surface area (Å²) in [7, 11) is 0. The molecule has 0 fully saturated rings. The van der Waals surface area contributed by atoms with Crippen LogP contribution in [-0.4, -0.2) is 4.98 Å². The number of rotatable bonds is 1. The second-order valence-electron chi connectivity index (χ2n) is 3.66. The molecule has 0 N–H and O–H groups in total. The van der Waals surface area contributed by atoms with Gasteiger partial charge in [-0.25, -0.2) is 0 Å². The summed E-state index contributed by atoms with van der Waals surface area (Å²) in [6.45, 7) is 2.29. The van der Waals surface area contributed by atoms with Gasteiger partial charge in [0.2, 0.25) is 0 Å². The number of fused-ring (bicyclic) bond motifs is 1. The first-order valence-corrected chi connectivity index (χ1v) is 4.82. The van der Waals surface area contributed by atoms with Crippen molar-refractivity contribution in [3.8, 4) is 0 Å². The van der Waals surface area contributed by atoms with Crippen molar-refractivity contribution in [2.75, 3.05) is 0 Å². The zero-order valence-corrected chi connectivity index (χ0v) is 7.59. The molecule has 2 rings (SSSR count). The van der Waals surface area contributed by atoms with Gasteiger partial charge in [0.15, 0.2) is 0 Å². The van der Waals surface area contributed by atoms with Gasteiger partial charge in [-0.05, 0) is 42.4 Å². The quantitative estimate of drug-likeness (QED) is 0.617. The molecular weight excluding hydrogens is 146 g/mol. The minimum atomic E-state index is 0.917. The highest BCUT2D eigenvalue weighted by Crippen LogP contribution is 2.26. The molecule has 0 aliphatic heterocycles. The Morgan fingerprint density at radius 3 is 3.25 bits per heavy atom. The highest BCUT2D eigenvalue weighted by atomic mass is 14.6. The maximum Gasteiger partial charge on any atom is 0.0302 e. The lowest BCUT2D eigenvalue weighted by molar-refractivity contribution is 0.444. The molecule has 0 bridgehead atoms. The molecule has 0 saturated heterocycles. The van der Waals surface area contributed by atoms with Gasteiger partial charge in [-0.1, -0.05) is 13.3 Å². The Hall–Kier alpha value is -0.850. The van der Waals surface area contributed by atoms with Gasteiger partial charge >= 0.3 is 0 Å². The number of hydrogen-bond donors (Lipinski definition) is 0. The molecule has 1 aliphatic carbocycles. The van der Waals surface area contributed by atoms with E-state index in [1.54, 1.807) is 0 Å². The minimum absolute atomic E-state index is 0.917. The van der Waals surface area contributed by atoms with Gasteiger partial charge in [-0.3, -0.25) is 4.98 Å². The molecule has 0 saturated carbocycles. The van der Waals surface area contributed by atoms with Crippen molar-refractivity contribution >= 4 is 0 Å². The topological polar surface area (TPSA) is 12.9 Å². The van der Waals surface area contributed by atoms with Gasteiger partial charge in [-0.2, -0.15) is 0 Å². The van der Waals surface area contributed by atoms with Crippen LogP contribution in [-0.2, 0) is 12.8 Å². The van der Waals surface area contributed by atoms with Gasteiger partial charge in [0.1, 0.15) is 0 Å². The Bertz CT molecular complexity index is 267. The first-order valence-electron chi connectivity index (χ1n) is 4.82. The van der Waals surface area contributed by atoms with Crippen LogP contribution in [0.1, 0.15) is 30.9 Å². The van der Waals surface area contributed by atoms with Gasteiger partial charge < -0.3 is 0 Å². The van der Waals surface area contributed by atoms with Gasteiger partial charge in [-0.15, -0.1) is 0 Å². The van der Waals surface area contributed by atoms with E-state index in [0.29, 0.717) is 0 Å². The summed E-state index contributed by atoms with van der Waals surface area (Å²) in [5, 5.41) is 0. The second-order valence-corrected chi connectivity index (χ2v) is 3.66. The largest absolute Gasteiger partial charge is 0.264 e. The fourth-order valence-electron chi connectivity index (χ4n) is 2.00. The first-order chi connectivity index (χ1) is 5.90. The molecule has 1 heteroatoms. The lowest BCUT2D eigenvalue weighted by Gasteiger charge is -2.22. The molecule has 0 aromatic carbocycles. The molecule has 1 nitrogen and oxygen atoms in total. The van der Waals surface area contributed by atoms with E-state index in [1.807, 2.05) is 12.4 Å². The van der Waals surface area contributed by atoms with Crippen molar-refractivity contribution in [1.82, 2.24) is 4.98 Å². The molecule has 0 radical (unpaired) electrons. The van der Waals surface area contributed by atoms with E-state index in [2.05, 4.69) is 18.0 Å². The van der Waals surface area contributed by atoms with Crippen LogP contribution in [0, 0.1) is 5.92 Å². The minimum Gasteiger partial charge on any atom is -0.264 e. The van der Waals surface area contributed by atoms with Crippen molar-refractivity contribution in [3.05, 3.63) is 29.6 Å². The van der Waals surface area contributed by atoms with Crippen LogP contribution in [0.2, 0.25) is 0 Å². The van der Waals surface area contributed by atoms with Crippen LogP contribution in [0.3, 0.4) is 0 Å². The fraction of sp³-hybridized carbons (Fsp3) is 0.545. The summed E-state index contributed by atoms with van der Waals surface area (Å²) in [5.74, 6) is 0.917. The number of hydrogen-bond acceptors (Lipinski definition) is 1. The second kappa shape index (κ2) is 3.26. The normalized spacial score (nSPS) is 21.9. The molecule has 12 heavy (non-hydrogen) atoms. The Kier molecular flexibility index (Phi) is 2.11. The Morgan fingerprint density at radius 1 is 1.50 bits per heavy atom. The van der Waals surface area contributed by atoms with Crippen LogP contribution < -0.4 is 0 Å². The number of pyridine rings is 1. The molecule has 1 heterocycles. The van der Waals surface area contributed by atoms with Crippen LogP contribution in [0.4, 0.5) is 0 Å². The zero-order valence-electron chi connectivity index (χ0n) is 7.59. The van der Waals surface area contributed by atoms with E-state index >= 15 is 0 Å². The molecule has 0 spiro atoms. The van der Waals surface area contributed by atoms with Crippen LogP contribution >= 0.6 is 0 Å². The predicted molar refractivity (Wildman–Crippen MR) is 50.0 cm³/mol. The van der Waals surface area contributed by atoms with E-state index in [0.717, 1.165) is 5.92 Å². The lowest BCUT2D eigenvalue weighted by atomic mass is 9.84. The standard InChI is InChI=1S/C11H15N/c1-2-9-3-4-11-8-12-6-5-10(11)7-9/h5-6,8-9H,2-4,7H2,1H3/t9-/m0/s1. The molecular formula is C11H15N. The predicted octanol–water partition coefficient (Wildman–Crippen LogP) is 2.60. The van der Waals surface area contributed by atoms with Crippen molar-refractivity contribution in [1.29, 1.82) is 0 Å². The summed E-state index contributed by atoms with van der Waals surface area (Å²) >= 11 is 0. The average molecular weight is 161 g/mol. The van der Waals surface area contributed by atoms with Gasteiger partial charge in [0.25, 0.3) is 0 Å². The molecule has 1 aliphatic rings. The number of nitrogens with zero attached hydrogens (tertiary/aromatic N) is 1. The van der Waals surface area contributed by atoms with Gasteiger partial charge in [0.05, 0.1) is 0 Å². The SMILES string of the molecule is CC[C@H]1CCc2cnccc2C1. The van der Waals surface area contributed by atoms with E-state index in [-0.39, 0.29) is 0 Å². The maximum atomic E-state index is 4.15. The summed E-state index contributed by atoms with van der Waals surface area (Å²) in [4.78, 5) is 4.15. The molecule has 0 unspecified atom stereocenters. The highest BCUT2D eigenvalue weighted by molar-refractivity contribution is 5.26. The van der Waals surface area contributed by atoms with E-state index in [1.165, 1.54) is 36.8 Å². The molecule has 0 amide bonds. The van der Waals surface area contributed by atoms with Crippen molar-refractivity contribution in [2.24, 2.45) is 5.92 Å². The molecule has 1 aromatic heterocycles. The summed E-state index contributed by atoms with van der Waals surface area (Å²) in [6.07, 6.45) is 9.13. The summed E-state index contributed by atoms with van der Waals surface area (Å²) < 4.78 is 0. The van der Waals surface area contributed by atoms with Crippen LogP contribution in [0.5, 0.6) is 0 Å². The third kappa shape index (κ3) is 1.36. The van der Waals surface area contributed by atoms with Crippen LogP contribution in [0.25, 0.3) is 0 Å². The highest BCUT2D eigenvalue weighted by Gasteiger charge is 2.16. The Balaban J connectivity index is 2.23. The number of aryl methyl sites for hydroxylation is 1. The van der Waals surface area contributed by atoms with Crippen molar-refractivity contribution in [3.63, 3.8) is 0 Å². The maximum absolute atomic E-state index is 4.15. The monoisotopic (exact) mass is 161 g/mol. The third-order valence-electron chi connectivity index (χ3n) is 2.91. The van der Waals surface area contributed by atoms with Crippen LogP contribution in [0.15, 0.2) is 18.5 Å². The van der Waals surface area contributed by atoms with Crippen molar-refractivity contribution < 1.29 is 0 Å². The average Bonchev–Trinajstić information content (AvgIpc) is 2.17. The smallest absolute Gasteiger partial charge is 0.0302 e. The molecule has 1 aromatic rings. The van der Waals surface area contributed by atoms with E-state index < -0.39 is 0 Å². The number of aromatic nitrogens is 1. The Morgan fingerprint density at radius 2 is 2.42 bits per heavy atom. The van der Waals surface area contributed by atoms with Crippen molar-refractivity contribution in [2.45, 2.75) is 32.6 Å². The van der Waals surface area contributed by atoms with Gasteiger partial charge in [0, 0.05) is 12.4 Å².